The van der Waals surface area contributed by atoms with Crippen LogP contribution in [0.2, 0.25) is 0 Å². The standard InChI is InChI=1S/C9H11N3O/c1-9(2)5-6(9)8-11-7(3-4-10)13-12-8/h6H,3,5H2,1-2H3. The molecule has 0 radical (unpaired) electrons. The summed E-state index contributed by atoms with van der Waals surface area (Å²) in [5.41, 5.74) is 0.313. The van der Waals surface area contributed by atoms with Crippen molar-refractivity contribution in [3.8, 4) is 6.07 Å². The van der Waals surface area contributed by atoms with E-state index < -0.39 is 0 Å². The first-order chi connectivity index (χ1) is 6.13. The summed E-state index contributed by atoms with van der Waals surface area (Å²) < 4.78 is 4.92. The van der Waals surface area contributed by atoms with Gasteiger partial charge in [0.2, 0.25) is 5.89 Å². The summed E-state index contributed by atoms with van der Waals surface area (Å²) in [4.78, 5) is 4.16. The smallest absolute Gasteiger partial charge is 0.240 e. The molecule has 4 nitrogen and oxygen atoms in total. The van der Waals surface area contributed by atoms with Gasteiger partial charge in [0.1, 0.15) is 6.42 Å². The first-order valence-corrected chi connectivity index (χ1v) is 4.33. The van der Waals surface area contributed by atoms with Gasteiger partial charge in [-0.05, 0) is 11.8 Å². The molecule has 1 aromatic heterocycles. The number of aromatic nitrogens is 2. The van der Waals surface area contributed by atoms with Crippen LogP contribution in [-0.4, -0.2) is 10.1 Å². The zero-order valence-electron chi connectivity index (χ0n) is 7.74. The Balaban J connectivity index is 2.12. The Morgan fingerprint density at radius 1 is 1.69 bits per heavy atom. The number of hydrogen-bond donors (Lipinski definition) is 0. The van der Waals surface area contributed by atoms with Gasteiger partial charge >= 0.3 is 0 Å². The average Bonchev–Trinajstić information content (AvgIpc) is 2.52. The fourth-order valence-electron chi connectivity index (χ4n) is 1.46. The van der Waals surface area contributed by atoms with Crippen LogP contribution in [0.3, 0.4) is 0 Å². The second kappa shape index (κ2) is 2.56. The van der Waals surface area contributed by atoms with Gasteiger partial charge in [-0.15, -0.1) is 0 Å². The van der Waals surface area contributed by atoms with Crippen LogP contribution in [0.5, 0.6) is 0 Å². The molecular weight excluding hydrogens is 166 g/mol. The number of nitrogens with zero attached hydrogens (tertiary/aromatic N) is 3. The Morgan fingerprint density at radius 2 is 2.38 bits per heavy atom. The number of hydrogen-bond acceptors (Lipinski definition) is 4. The van der Waals surface area contributed by atoms with Gasteiger partial charge in [0.05, 0.1) is 6.07 Å². The summed E-state index contributed by atoms with van der Waals surface area (Å²) in [6, 6.07) is 1.98. The Hall–Kier alpha value is -1.37. The lowest BCUT2D eigenvalue weighted by Crippen LogP contribution is -1.92. The van der Waals surface area contributed by atoms with Gasteiger partial charge in [0.15, 0.2) is 5.82 Å². The summed E-state index contributed by atoms with van der Waals surface area (Å²) in [7, 11) is 0. The number of rotatable bonds is 2. The molecule has 0 spiro atoms. The molecule has 1 unspecified atom stereocenters. The summed E-state index contributed by atoms with van der Waals surface area (Å²) in [6.07, 6.45) is 1.32. The van der Waals surface area contributed by atoms with E-state index in [0.29, 0.717) is 17.2 Å². The molecule has 13 heavy (non-hydrogen) atoms. The normalized spacial score (nSPS) is 23.9. The molecule has 1 saturated carbocycles. The van der Waals surface area contributed by atoms with Crippen LogP contribution in [0.1, 0.15) is 37.9 Å². The van der Waals surface area contributed by atoms with Crippen LogP contribution in [0.25, 0.3) is 0 Å². The molecule has 2 rings (SSSR count). The first kappa shape index (κ1) is 8.24. The lowest BCUT2D eigenvalue weighted by Gasteiger charge is -1.95. The van der Waals surface area contributed by atoms with Crippen molar-refractivity contribution in [1.82, 2.24) is 10.1 Å². The molecule has 68 valence electrons. The van der Waals surface area contributed by atoms with Crippen molar-refractivity contribution in [3.63, 3.8) is 0 Å². The highest BCUT2D eigenvalue weighted by Gasteiger charge is 2.49. The topological polar surface area (TPSA) is 62.7 Å². The van der Waals surface area contributed by atoms with Crippen molar-refractivity contribution < 1.29 is 4.52 Å². The zero-order chi connectivity index (χ0) is 9.47. The molecule has 0 amide bonds. The fourth-order valence-corrected chi connectivity index (χ4v) is 1.46. The van der Waals surface area contributed by atoms with Gasteiger partial charge in [-0.2, -0.15) is 10.2 Å². The van der Waals surface area contributed by atoms with Crippen LogP contribution < -0.4 is 0 Å². The van der Waals surface area contributed by atoms with Crippen molar-refractivity contribution in [2.45, 2.75) is 32.6 Å². The first-order valence-electron chi connectivity index (χ1n) is 4.33. The van der Waals surface area contributed by atoms with E-state index >= 15 is 0 Å². The summed E-state index contributed by atoms with van der Waals surface area (Å²) >= 11 is 0. The minimum atomic E-state index is 0.208. The Labute approximate surface area is 76.6 Å². The zero-order valence-corrected chi connectivity index (χ0v) is 7.74. The quantitative estimate of drug-likeness (QED) is 0.689. The molecule has 0 aromatic carbocycles. The van der Waals surface area contributed by atoms with E-state index in [4.69, 9.17) is 9.78 Å². The van der Waals surface area contributed by atoms with Crippen molar-refractivity contribution in [2.24, 2.45) is 5.41 Å². The maximum Gasteiger partial charge on any atom is 0.240 e. The van der Waals surface area contributed by atoms with Crippen molar-refractivity contribution in [3.05, 3.63) is 11.7 Å². The van der Waals surface area contributed by atoms with Crippen LogP contribution >= 0.6 is 0 Å². The van der Waals surface area contributed by atoms with Crippen LogP contribution in [0, 0.1) is 16.7 Å². The molecule has 0 aliphatic heterocycles. The van der Waals surface area contributed by atoms with E-state index in [1.54, 1.807) is 0 Å². The highest BCUT2D eigenvalue weighted by atomic mass is 16.5. The van der Waals surface area contributed by atoms with Gasteiger partial charge < -0.3 is 4.52 Å². The summed E-state index contributed by atoms with van der Waals surface area (Å²) in [5.74, 6) is 1.61. The monoisotopic (exact) mass is 177 g/mol. The van der Waals surface area contributed by atoms with Crippen molar-refractivity contribution in [1.29, 1.82) is 5.26 Å². The van der Waals surface area contributed by atoms with E-state index in [2.05, 4.69) is 24.0 Å². The third-order valence-electron chi connectivity index (χ3n) is 2.54. The highest BCUT2D eigenvalue weighted by molar-refractivity contribution is 5.14. The van der Waals surface area contributed by atoms with Crippen LogP contribution in [0.4, 0.5) is 0 Å². The second-order valence-corrected chi connectivity index (χ2v) is 4.13. The SMILES string of the molecule is CC1(C)CC1c1noc(CC#N)n1. The maximum absolute atomic E-state index is 8.41. The minimum absolute atomic E-state index is 0.208. The van der Waals surface area contributed by atoms with E-state index in [1.807, 2.05) is 6.07 Å². The summed E-state index contributed by atoms with van der Waals surface area (Å²) in [6.45, 7) is 4.36. The lowest BCUT2D eigenvalue weighted by molar-refractivity contribution is 0.379. The highest BCUT2D eigenvalue weighted by Crippen LogP contribution is 2.57. The molecule has 0 bridgehead atoms. The van der Waals surface area contributed by atoms with Gasteiger partial charge in [-0.3, -0.25) is 0 Å². The molecule has 1 aromatic rings. The molecule has 4 heteroatoms. The largest absolute Gasteiger partial charge is 0.338 e. The number of nitriles is 1. The van der Waals surface area contributed by atoms with E-state index in [9.17, 15) is 0 Å². The fraction of sp³-hybridized carbons (Fsp3) is 0.667. The van der Waals surface area contributed by atoms with Crippen molar-refractivity contribution in [2.75, 3.05) is 0 Å². The predicted molar refractivity (Wildman–Crippen MR) is 44.8 cm³/mol. The third-order valence-corrected chi connectivity index (χ3v) is 2.54. The second-order valence-electron chi connectivity index (χ2n) is 4.13. The van der Waals surface area contributed by atoms with Gasteiger partial charge in [0.25, 0.3) is 0 Å². The van der Waals surface area contributed by atoms with Gasteiger partial charge in [-0.1, -0.05) is 19.0 Å². The van der Waals surface area contributed by atoms with E-state index in [0.717, 1.165) is 12.2 Å². The Bertz CT molecular complexity index is 361. The van der Waals surface area contributed by atoms with Gasteiger partial charge in [-0.25, -0.2) is 0 Å². The third kappa shape index (κ3) is 1.42. The average molecular weight is 177 g/mol. The Morgan fingerprint density at radius 3 is 2.92 bits per heavy atom. The van der Waals surface area contributed by atoms with Crippen molar-refractivity contribution >= 4 is 0 Å². The molecule has 1 aliphatic carbocycles. The van der Waals surface area contributed by atoms with E-state index in [-0.39, 0.29) is 6.42 Å². The molecule has 1 heterocycles. The van der Waals surface area contributed by atoms with Crippen LogP contribution in [-0.2, 0) is 6.42 Å². The Kier molecular flexibility index (Phi) is 1.62. The molecule has 0 N–H and O–H groups in total. The predicted octanol–water partition coefficient (Wildman–Crippen LogP) is 1.65. The molecule has 1 fully saturated rings. The molecule has 0 saturated heterocycles. The summed E-state index contributed by atoms with van der Waals surface area (Å²) in [5, 5.41) is 12.3. The van der Waals surface area contributed by atoms with Crippen LogP contribution in [0.15, 0.2) is 4.52 Å². The molecule has 1 aliphatic rings. The van der Waals surface area contributed by atoms with Gasteiger partial charge in [0, 0.05) is 5.92 Å². The maximum atomic E-state index is 8.41. The molecular formula is C9H11N3O. The molecule has 1 atom stereocenters. The minimum Gasteiger partial charge on any atom is -0.338 e. The van der Waals surface area contributed by atoms with E-state index in [1.165, 1.54) is 0 Å². The lowest BCUT2D eigenvalue weighted by atomic mass is 10.1.